The molecule has 0 bridgehead atoms. The van der Waals surface area contributed by atoms with Gasteiger partial charge in [0.2, 0.25) is 5.95 Å². The van der Waals surface area contributed by atoms with Gasteiger partial charge in [0.15, 0.2) is 11.2 Å². The Morgan fingerprint density at radius 2 is 2.15 bits per heavy atom. The number of nitrogens with one attached hydrogen (secondary N) is 2. The Kier molecular flexibility index (Phi) is 6.33. The number of benzene rings is 1. The van der Waals surface area contributed by atoms with E-state index >= 15 is 0 Å². The zero-order valence-electron chi connectivity index (χ0n) is 19.4. The molecule has 34 heavy (non-hydrogen) atoms. The maximum Gasteiger partial charge on any atom is 0.223 e. The molecule has 9 heteroatoms. The number of nitrogens with zero attached hydrogens (tertiary/aromatic N) is 3. The van der Waals surface area contributed by atoms with Crippen molar-refractivity contribution in [2.75, 3.05) is 25.1 Å². The first kappa shape index (κ1) is 22.9. The molecule has 3 N–H and O–H groups in total. The van der Waals surface area contributed by atoms with Crippen molar-refractivity contribution in [2.24, 2.45) is 0 Å². The normalized spacial score (nSPS) is 23.0. The molecular weight excluding hydrogens is 437 g/mol. The molecule has 0 amide bonds. The van der Waals surface area contributed by atoms with E-state index in [0.29, 0.717) is 24.0 Å². The molecule has 3 atom stereocenters. The summed E-state index contributed by atoms with van der Waals surface area (Å²) in [5, 5.41) is 17.3. The van der Waals surface area contributed by atoms with Gasteiger partial charge >= 0.3 is 0 Å². The highest BCUT2D eigenvalue weighted by atomic mass is 19.1. The summed E-state index contributed by atoms with van der Waals surface area (Å²) < 4.78 is 22.3. The first-order valence-electron chi connectivity index (χ1n) is 11.9. The fraction of sp³-hybridized carbons (Fsp3) is 0.480. The van der Waals surface area contributed by atoms with Crippen molar-refractivity contribution in [3.8, 4) is 11.3 Å². The van der Waals surface area contributed by atoms with E-state index in [0.717, 1.165) is 36.8 Å². The van der Waals surface area contributed by atoms with Crippen LogP contribution in [0.1, 0.15) is 50.9 Å². The van der Waals surface area contributed by atoms with Gasteiger partial charge < -0.3 is 25.0 Å². The smallest absolute Gasteiger partial charge is 0.223 e. The zero-order valence-corrected chi connectivity index (χ0v) is 19.4. The van der Waals surface area contributed by atoms with Gasteiger partial charge in [-0.15, -0.1) is 0 Å². The van der Waals surface area contributed by atoms with Gasteiger partial charge in [-0.2, -0.15) is 0 Å². The number of ether oxygens (including phenoxy) is 1. The second-order valence-corrected chi connectivity index (χ2v) is 9.35. The molecule has 2 aliphatic heterocycles. The van der Waals surface area contributed by atoms with Crippen molar-refractivity contribution < 1.29 is 14.2 Å². The van der Waals surface area contributed by atoms with Crippen LogP contribution in [-0.2, 0) is 4.74 Å². The van der Waals surface area contributed by atoms with E-state index < -0.39 is 11.9 Å². The minimum atomic E-state index is -0.686. The van der Waals surface area contributed by atoms with Gasteiger partial charge in [0, 0.05) is 41.4 Å². The predicted octanol–water partition coefficient (Wildman–Crippen LogP) is 3.16. The van der Waals surface area contributed by atoms with Crippen LogP contribution < -0.4 is 16.1 Å². The number of fused-ring (bicyclic) bond motifs is 1. The van der Waals surface area contributed by atoms with Crippen LogP contribution in [0.5, 0.6) is 0 Å². The Labute approximate surface area is 197 Å². The van der Waals surface area contributed by atoms with Crippen LogP contribution in [0.2, 0.25) is 0 Å². The Morgan fingerprint density at radius 1 is 1.29 bits per heavy atom. The molecule has 4 heterocycles. The number of hydrogen-bond acceptors (Lipinski definition) is 7. The molecule has 2 fully saturated rings. The monoisotopic (exact) mass is 467 g/mol. The molecule has 0 aliphatic carbocycles. The highest BCUT2D eigenvalue weighted by Crippen LogP contribution is 2.31. The number of aromatic nitrogens is 3. The number of anilines is 1. The number of hydrogen-bond donors (Lipinski definition) is 3. The number of rotatable bonds is 5. The molecule has 0 radical (unpaired) electrons. The van der Waals surface area contributed by atoms with Crippen LogP contribution >= 0.6 is 0 Å². The molecule has 5 rings (SSSR count). The molecular formula is C25H30FN5O3. The molecule has 1 aromatic carbocycles. The molecule has 2 aliphatic rings. The lowest BCUT2D eigenvalue weighted by Crippen LogP contribution is -2.42. The first-order valence-corrected chi connectivity index (χ1v) is 11.9. The van der Waals surface area contributed by atoms with Crippen LogP contribution in [0.4, 0.5) is 10.3 Å². The van der Waals surface area contributed by atoms with Gasteiger partial charge in [-0.3, -0.25) is 4.79 Å². The van der Waals surface area contributed by atoms with Crippen molar-refractivity contribution in [3.05, 3.63) is 52.2 Å². The largest absolute Gasteiger partial charge is 0.389 e. The summed E-state index contributed by atoms with van der Waals surface area (Å²) in [7, 11) is 0. The van der Waals surface area contributed by atoms with Crippen LogP contribution in [-0.4, -0.2) is 51.5 Å². The standard InChI is InChI=1S/C25H30FN5O3/c1-14(2)31-20-10-15(5-6-16(20)22(32)11-21(31)18-4-3-8-27-18)24-17(26)12-28-25(30-24)29-19-7-9-34-13-23(19)33/h5-6,10-12,14,18-19,23,27,33H,3-4,7-9,13H2,1-2H3,(H,28,29,30)/t18?,19-,23-/m1/s1. The third kappa shape index (κ3) is 4.31. The summed E-state index contributed by atoms with van der Waals surface area (Å²) in [5.74, 6) is -0.308. The van der Waals surface area contributed by atoms with Crippen molar-refractivity contribution in [2.45, 2.75) is 57.3 Å². The van der Waals surface area contributed by atoms with Crippen LogP contribution in [0.25, 0.3) is 22.2 Å². The molecule has 2 aromatic heterocycles. The lowest BCUT2D eigenvalue weighted by molar-refractivity contribution is -0.0136. The third-order valence-corrected chi connectivity index (χ3v) is 6.67. The summed E-state index contributed by atoms with van der Waals surface area (Å²) >= 11 is 0. The Morgan fingerprint density at radius 3 is 2.88 bits per heavy atom. The lowest BCUT2D eigenvalue weighted by atomic mass is 10.0. The number of aliphatic hydroxyl groups excluding tert-OH is 1. The topological polar surface area (TPSA) is 101 Å². The van der Waals surface area contributed by atoms with E-state index in [2.05, 4.69) is 39.0 Å². The predicted molar refractivity (Wildman–Crippen MR) is 128 cm³/mol. The molecule has 180 valence electrons. The highest BCUT2D eigenvalue weighted by Gasteiger charge is 2.25. The van der Waals surface area contributed by atoms with E-state index in [-0.39, 0.29) is 41.8 Å². The average molecular weight is 468 g/mol. The highest BCUT2D eigenvalue weighted by molar-refractivity contribution is 5.84. The maximum atomic E-state index is 14.9. The number of aliphatic hydroxyl groups is 1. The van der Waals surface area contributed by atoms with Crippen molar-refractivity contribution >= 4 is 16.9 Å². The Hall–Kier alpha value is -2.88. The van der Waals surface area contributed by atoms with Crippen molar-refractivity contribution in [1.82, 2.24) is 19.9 Å². The SMILES string of the molecule is CC(C)n1c(C2CCCN2)cc(=O)c2ccc(-c3nc(N[C@@H]4CCOC[C@H]4O)ncc3F)cc21. The molecule has 0 saturated carbocycles. The summed E-state index contributed by atoms with van der Waals surface area (Å²) in [4.78, 5) is 21.5. The second-order valence-electron chi connectivity index (χ2n) is 9.35. The summed E-state index contributed by atoms with van der Waals surface area (Å²) in [6.07, 6.45) is 3.10. The lowest BCUT2D eigenvalue weighted by Gasteiger charge is -2.28. The number of halogens is 1. The van der Waals surface area contributed by atoms with Crippen molar-refractivity contribution in [3.63, 3.8) is 0 Å². The number of pyridine rings is 1. The summed E-state index contributed by atoms with van der Waals surface area (Å²) in [5.41, 5.74) is 2.39. The Bertz CT molecular complexity index is 1260. The summed E-state index contributed by atoms with van der Waals surface area (Å²) in [6, 6.07) is 7.01. The van der Waals surface area contributed by atoms with E-state index in [1.807, 2.05) is 6.07 Å². The quantitative estimate of drug-likeness (QED) is 0.530. The molecule has 8 nitrogen and oxygen atoms in total. The first-order chi connectivity index (χ1) is 16.4. The van der Waals surface area contributed by atoms with Gasteiger partial charge in [-0.25, -0.2) is 14.4 Å². The Balaban J connectivity index is 1.59. The summed E-state index contributed by atoms with van der Waals surface area (Å²) in [6.45, 7) is 5.86. The van der Waals surface area contributed by atoms with Gasteiger partial charge in [-0.1, -0.05) is 6.07 Å². The van der Waals surface area contributed by atoms with Crippen LogP contribution in [0.15, 0.2) is 35.3 Å². The minimum absolute atomic E-state index is 0.0406. The fourth-order valence-electron chi connectivity index (χ4n) is 4.99. The molecule has 3 aromatic rings. The van der Waals surface area contributed by atoms with Gasteiger partial charge in [-0.05, 0) is 51.8 Å². The maximum absolute atomic E-state index is 14.9. The molecule has 0 spiro atoms. The fourth-order valence-corrected chi connectivity index (χ4v) is 4.99. The molecule has 1 unspecified atom stereocenters. The van der Waals surface area contributed by atoms with Crippen LogP contribution in [0, 0.1) is 5.82 Å². The van der Waals surface area contributed by atoms with E-state index in [9.17, 15) is 14.3 Å². The van der Waals surface area contributed by atoms with E-state index in [1.54, 1.807) is 18.2 Å². The van der Waals surface area contributed by atoms with Gasteiger partial charge in [0.05, 0.1) is 30.5 Å². The van der Waals surface area contributed by atoms with Gasteiger partial charge in [0.25, 0.3) is 0 Å². The van der Waals surface area contributed by atoms with Crippen molar-refractivity contribution in [1.29, 1.82) is 0 Å². The zero-order chi connectivity index (χ0) is 23.8. The third-order valence-electron chi connectivity index (χ3n) is 6.67. The minimum Gasteiger partial charge on any atom is -0.389 e. The van der Waals surface area contributed by atoms with Gasteiger partial charge in [0.1, 0.15) is 5.69 Å². The second kappa shape index (κ2) is 9.40. The van der Waals surface area contributed by atoms with E-state index in [4.69, 9.17) is 4.74 Å². The average Bonchev–Trinajstić information content (AvgIpc) is 3.36. The van der Waals surface area contributed by atoms with Crippen LogP contribution in [0.3, 0.4) is 0 Å². The van der Waals surface area contributed by atoms with E-state index in [1.165, 1.54) is 0 Å². The molecule has 2 saturated heterocycles.